The molecule has 374 valence electrons. The van der Waals surface area contributed by atoms with Crippen molar-refractivity contribution in [3.63, 3.8) is 0 Å². The Morgan fingerprint density at radius 2 is 1.06 bits per heavy atom. The number of ether oxygens (including phenoxy) is 3. The van der Waals surface area contributed by atoms with Gasteiger partial charge in [-0.05, 0) is 57.8 Å². The molecular formula is C53H97NO10. The van der Waals surface area contributed by atoms with Crippen LogP contribution in [0.15, 0.2) is 36.5 Å². The number of hydrogen-bond acceptors (Lipinski definition) is 10. The summed E-state index contributed by atoms with van der Waals surface area (Å²) in [4.78, 5) is 25.0. The molecule has 1 fully saturated rings. The predicted octanol–water partition coefficient (Wildman–Crippen LogP) is 10.8. The fourth-order valence-corrected chi connectivity index (χ4v) is 7.98. The lowest BCUT2D eigenvalue weighted by Gasteiger charge is -2.40. The van der Waals surface area contributed by atoms with E-state index in [0.717, 1.165) is 83.5 Å². The van der Waals surface area contributed by atoms with Crippen LogP contribution >= 0.6 is 0 Å². The molecule has 0 bridgehead atoms. The smallest absolute Gasteiger partial charge is 0.305 e. The summed E-state index contributed by atoms with van der Waals surface area (Å²) in [7, 11) is 0. The fourth-order valence-electron chi connectivity index (χ4n) is 7.98. The summed E-state index contributed by atoms with van der Waals surface area (Å²) in [6.07, 6.45) is 40.8. The zero-order valence-electron chi connectivity index (χ0n) is 40.7. The van der Waals surface area contributed by atoms with Crippen LogP contribution in [0.25, 0.3) is 0 Å². The number of esters is 1. The number of unbranched alkanes of at least 4 members (excludes halogenated alkanes) is 26. The van der Waals surface area contributed by atoms with Gasteiger partial charge in [0.05, 0.1) is 32.0 Å². The molecular weight excluding hydrogens is 811 g/mol. The van der Waals surface area contributed by atoms with Crippen molar-refractivity contribution in [2.45, 2.75) is 269 Å². The van der Waals surface area contributed by atoms with Crippen molar-refractivity contribution in [1.29, 1.82) is 0 Å². The van der Waals surface area contributed by atoms with Crippen LogP contribution in [0.2, 0.25) is 0 Å². The van der Waals surface area contributed by atoms with Crippen molar-refractivity contribution < 1.29 is 49.3 Å². The van der Waals surface area contributed by atoms with Crippen LogP contribution in [0.5, 0.6) is 0 Å². The minimum atomic E-state index is -1.58. The lowest BCUT2D eigenvalue weighted by molar-refractivity contribution is -0.302. The van der Waals surface area contributed by atoms with E-state index in [1.165, 1.54) is 116 Å². The van der Waals surface area contributed by atoms with Crippen molar-refractivity contribution in [3.8, 4) is 0 Å². The second-order valence-electron chi connectivity index (χ2n) is 18.2. The van der Waals surface area contributed by atoms with Gasteiger partial charge in [-0.25, -0.2) is 0 Å². The van der Waals surface area contributed by atoms with Gasteiger partial charge in [-0.2, -0.15) is 0 Å². The summed E-state index contributed by atoms with van der Waals surface area (Å²) in [5, 5.41) is 54.1. The summed E-state index contributed by atoms with van der Waals surface area (Å²) in [6.45, 7) is 4.21. The maximum absolute atomic E-state index is 13.0. The first-order chi connectivity index (χ1) is 31.2. The van der Waals surface area contributed by atoms with Gasteiger partial charge in [-0.3, -0.25) is 9.59 Å². The molecule has 1 heterocycles. The highest BCUT2D eigenvalue weighted by atomic mass is 16.7. The summed E-state index contributed by atoms with van der Waals surface area (Å²) < 4.78 is 16.6. The molecule has 0 saturated carbocycles. The first-order valence-corrected chi connectivity index (χ1v) is 26.3. The van der Waals surface area contributed by atoms with E-state index in [0.29, 0.717) is 19.4 Å². The lowest BCUT2D eigenvalue weighted by atomic mass is 9.99. The minimum Gasteiger partial charge on any atom is -0.466 e. The van der Waals surface area contributed by atoms with Crippen molar-refractivity contribution >= 4 is 11.9 Å². The van der Waals surface area contributed by atoms with E-state index >= 15 is 0 Å². The van der Waals surface area contributed by atoms with Crippen molar-refractivity contribution in [3.05, 3.63) is 36.5 Å². The summed E-state index contributed by atoms with van der Waals surface area (Å²) >= 11 is 0. The van der Waals surface area contributed by atoms with Gasteiger partial charge >= 0.3 is 5.97 Å². The molecule has 64 heavy (non-hydrogen) atoms. The van der Waals surface area contributed by atoms with E-state index in [9.17, 15) is 35.1 Å². The summed E-state index contributed by atoms with van der Waals surface area (Å²) in [5.74, 6) is -0.242. The van der Waals surface area contributed by atoms with Gasteiger partial charge in [0.15, 0.2) is 6.29 Å². The standard InChI is InChI=1S/C53H97NO10/c1-3-5-7-9-11-13-14-15-18-21-25-29-33-37-41-49(58)62-42-38-34-30-26-22-19-16-17-20-24-28-32-36-40-48(57)54-45(46(56)39-35-31-27-23-12-10-8-6-4-2)44-63-53-52(61)51(60)50(59)47(43-55)64-53/h9,11,14-15,35,39,45-47,50-53,55-56,59-61H,3-8,10,12-13,16-34,36-38,40-44H2,1-2H3,(H,54,57)/b11-9-,15-14-,39-35+. The molecule has 0 aromatic heterocycles. The van der Waals surface area contributed by atoms with Crippen LogP contribution in [-0.2, 0) is 23.8 Å². The highest BCUT2D eigenvalue weighted by Gasteiger charge is 2.44. The number of amides is 1. The third kappa shape index (κ3) is 33.4. The lowest BCUT2D eigenvalue weighted by Crippen LogP contribution is -2.60. The first kappa shape index (κ1) is 59.9. The Kier molecular flexibility index (Phi) is 40.7. The van der Waals surface area contributed by atoms with E-state index in [1.54, 1.807) is 6.08 Å². The zero-order valence-corrected chi connectivity index (χ0v) is 40.7. The number of rotatable bonds is 44. The number of allylic oxidation sites excluding steroid dienone is 5. The Balaban J connectivity index is 2.11. The quantitative estimate of drug-likeness (QED) is 0.0196. The van der Waals surface area contributed by atoms with Crippen molar-refractivity contribution in [2.75, 3.05) is 19.8 Å². The van der Waals surface area contributed by atoms with Crippen LogP contribution in [0.4, 0.5) is 0 Å². The first-order valence-electron chi connectivity index (χ1n) is 26.3. The number of aliphatic hydroxyl groups is 5. The van der Waals surface area contributed by atoms with Crippen molar-refractivity contribution in [2.24, 2.45) is 0 Å². The summed E-state index contributed by atoms with van der Waals surface area (Å²) in [5.41, 5.74) is 0. The second kappa shape index (κ2) is 43.5. The maximum Gasteiger partial charge on any atom is 0.305 e. The van der Waals surface area contributed by atoms with Gasteiger partial charge in [-0.1, -0.05) is 192 Å². The Labute approximate surface area is 390 Å². The average molecular weight is 908 g/mol. The summed E-state index contributed by atoms with van der Waals surface area (Å²) in [6, 6.07) is -0.819. The van der Waals surface area contributed by atoms with Crippen molar-refractivity contribution in [1.82, 2.24) is 5.32 Å². The number of nitrogens with one attached hydrogen (secondary N) is 1. The van der Waals surface area contributed by atoms with Gasteiger partial charge in [0.2, 0.25) is 5.91 Å². The molecule has 0 aromatic carbocycles. The van der Waals surface area contributed by atoms with Gasteiger partial charge < -0.3 is 45.1 Å². The molecule has 11 heteroatoms. The van der Waals surface area contributed by atoms with Crippen LogP contribution < -0.4 is 5.32 Å². The number of hydrogen-bond donors (Lipinski definition) is 6. The molecule has 0 radical (unpaired) electrons. The highest BCUT2D eigenvalue weighted by molar-refractivity contribution is 5.76. The molecule has 11 nitrogen and oxygen atoms in total. The molecule has 0 spiro atoms. The number of carbonyl (C=O) groups is 2. The topological polar surface area (TPSA) is 175 Å². The minimum absolute atomic E-state index is 0.0432. The number of aliphatic hydroxyl groups excluding tert-OH is 5. The van der Waals surface area contributed by atoms with Gasteiger partial charge in [0, 0.05) is 12.8 Å². The molecule has 7 atom stereocenters. The molecule has 1 aliphatic heterocycles. The average Bonchev–Trinajstić information content (AvgIpc) is 3.29. The van der Waals surface area contributed by atoms with Crippen LogP contribution in [-0.4, -0.2) is 100 Å². The highest BCUT2D eigenvalue weighted by Crippen LogP contribution is 2.23. The third-order valence-electron chi connectivity index (χ3n) is 12.2. The van der Waals surface area contributed by atoms with Gasteiger partial charge in [-0.15, -0.1) is 0 Å². The molecule has 1 aliphatic rings. The molecule has 6 N–H and O–H groups in total. The SMILES string of the molecule is CCCC/C=C\C/C=C\CCCCCCCC(=O)OCCCCCCCCCCCCCCCC(=O)NC(COC1OC(CO)C(O)C(O)C1O)C(O)/C=C/CCCCCCCCC. The van der Waals surface area contributed by atoms with Gasteiger partial charge in [0.25, 0.3) is 0 Å². The normalized spacial score (nSPS) is 20.1. The van der Waals surface area contributed by atoms with E-state index < -0.39 is 49.5 Å². The van der Waals surface area contributed by atoms with E-state index in [-0.39, 0.29) is 18.5 Å². The Morgan fingerprint density at radius 3 is 1.62 bits per heavy atom. The molecule has 1 saturated heterocycles. The molecule has 0 aliphatic carbocycles. The van der Waals surface area contributed by atoms with E-state index in [2.05, 4.69) is 43.5 Å². The third-order valence-corrected chi connectivity index (χ3v) is 12.2. The molecule has 1 rings (SSSR count). The fraction of sp³-hybridized carbons (Fsp3) is 0.849. The van der Waals surface area contributed by atoms with Crippen LogP contribution in [0, 0.1) is 0 Å². The van der Waals surface area contributed by atoms with Crippen LogP contribution in [0.3, 0.4) is 0 Å². The van der Waals surface area contributed by atoms with Gasteiger partial charge in [0.1, 0.15) is 24.4 Å². The van der Waals surface area contributed by atoms with Crippen LogP contribution in [0.1, 0.15) is 226 Å². The Morgan fingerprint density at radius 1 is 0.578 bits per heavy atom. The monoisotopic (exact) mass is 908 g/mol. The largest absolute Gasteiger partial charge is 0.466 e. The molecule has 7 unspecified atom stereocenters. The number of carbonyl (C=O) groups excluding carboxylic acids is 2. The second-order valence-corrected chi connectivity index (χ2v) is 18.2. The van der Waals surface area contributed by atoms with E-state index in [4.69, 9.17) is 14.2 Å². The Hall–Kier alpha value is -2.12. The predicted molar refractivity (Wildman–Crippen MR) is 260 cm³/mol. The van der Waals surface area contributed by atoms with E-state index in [1.807, 2.05) is 6.08 Å². The molecule has 1 amide bonds. The Bertz CT molecular complexity index is 1160. The molecule has 0 aromatic rings. The maximum atomic E-state index is 13.0. The zero-order chi connectivity index (χ0) is 46.7.